The van der Waals surface area contributed by atoms with Crippen LogP contribution in [0.5, 0.6) is 0 Å². The minimum Gasteiger partial charge on any atom is -0.339 e. The van der Waals surface area contributed by atoms with E-state index in [0.29, 0.717) is 27.8 Å². The Labute approximate surface area is 175 Å². The van der Waals surface area contributed by atoms with Gasteiger partial charge < -0.3 is 10.2 Å². The van der Waals surface area contributed by atoms with Crippen molar-refractivity contribution in [3.63, 3.8) is 0 Å². The lowest BCUT2D eigenvalue weighted by atomic mass is 10.1. The van der Waals surface area contributed by atoms with Crippen LogP contribution in [0, 0.1) is 0 Å². The number of para-hydroxylation sites is 1. The second kappa shape index (κ2) is 10.5. The number of carbonyl (C=O) groups excluding carboxylic acids is 2. The number of likely N-dealkylation sites (tertiary alicyclic amines) is 1. The zero-order chi connectivity index (χ0) is 19.8. The van der Waals surface area contributed by atoms with Gasteiger partial charge in [-0.25, -0.2) is 0 Å². The van der Waals surface area contributed by atoms with Gasteiger partial charge in [-0.15, -0.1) is 11.8 Å². The molecule has 0 radical (unpaired) electrons. The minimum atomic E-state index is -0.117. The molecule has 6 heteroatoms. The van der Waals surface area contributed by atoms with Gasteiger partial charge in [0.1, 0.15) is 0 Å². The molecule has 2 amide bonds. The SMILES string of the molecule is O=C(CSCc1ccccc1Cl)Nc1ccccc1C(=O)N1CCCCCC1. The molecule has 0 spiro atoms. The monoisotopic (exact) mass is 416 g/mol. The predicted molar refractivity (Wildman–Crippen MR) is 117 cm³/mol. The first kappa shape index (κ1) is 20.7. The van der Waals surface area contributed by atoms with E-state index in [0.717, 1.165) is 31.5 Å². The van der Waals surface area contributed by atoms with E-state index < -0.39 is 0 Å². The van der Waals surface area contributed by atoms with Crippen molar-refractivity contribution in [3.05, 3.63) is 64.7 Å². The molecule has 28 heavy (non-hydrogen) atoms. The number of carbonyl (C=O) groups is 2. The van der Waals surface area contributed by atoms with E-state index in [-0.39, 0.29) is 11.8 Å². The molecule has 0 aliphatic carbocycles. The first-order valence-electron chi connectivity index (χ1n) is 9.64. The van der Waals surface area contributed by atoms with Gasteiger partial charge in [-0.1, -0.05) is 54.8 Å². The second-order valence-corrected chi connectivity index (χ2v) is 8.28. The van der Waals surface area contributed by atoms with Gasteiger partial charge in [-0.05, 0) is 36.6 Å². The van der Waals surface area contributed by atoms with Gasteiger partial charge in [0, 0.05) is 23.9 Å². The number of benzene rings is 2. The first-order valence-corrected chi connectivity index (χ1v) is 11.2. The lowest BCUT2D eigenvalue weighted by Gasteiger charge is -2.22. The van der Waals surface area contributed by atoms with Crippen LogP contribution in [-0.4, -0.2) is 35.6 Å². The van der Waals surface area contributed by atoms with E-state index in [1.807, 2.05) is 41.3 Å². The topological polar surface area (TPSA) is 49.4 Å². The fourth-order valence-corrected chi connectivity index (χ4v) is 4.39. The standard InChI is InChI=1S/C22H25ClN2O2S/c23-19-11-5-3-9-17(19)15-28-16-21(26)24-20-12-6-4-10-18(20)22(27)25-13-7-1-2-8-14-25/h3-6,9-12H,1-2,7-8,13-16H2,(H,24,26). The molecule has 0 atom stereocenters. The highest BCUT2D eigenvalue weighted by Crippen LogP contribution is 2.22. The summed E-state index contributed by atoms with van der Waals surface area (Å²) in [4.78, 5) is 27.3. The normalized spacial score (nSPS) is 14.4. The van der Waals surface area contributed by atoms with E-state index in [4.69, 9.17) is 11.6 Å². The second-order valence-electron chi connectivity index (χ2n) is 6.88. The van der Waals surface area contributed by atoms with Gasteiger partial charge >= 0.3 is 0 Å². The smallest absolute Gasteiger partial charge is 0.255 e. The zero-order valence-corrected chi connectivity index (χ0v) is 17.4. The van der Waals surface area contributed by atoms with Gasteiger partial charge in [0.2, 0.25) is 5.91 Å². The van der Waals surface area contributed by atoms with Crippen LogP contribution in [0.15, 0.2) is 48.5 Å². The molecule has 0 aromatic heterocycles. The highest BCUT2D eigenvalue weighted by atomic mass is 35.5. The molecule has 0 saturated carbocycles. The Balaban J connectivity index is 1.58. The Morgan fingerprint density at radius 1 is 0.964 bits per heavy atom. The van der Waals surface area contributed by atoms with E-state index in [2.05, 4.69) is 5.32 Å². The number of nitrogens with one attached hydrogen (secondary N) is 1. The number of amides is 2. The molecule has 1 fully saturated rings. The molecule has 1 heterocycles. The predicted octanol–water partition coefficient (Wildman–Crippen LogP) is 5.23. The molecule has 1 saturated heterocycles. The molecule has 1 aliphatic rings. The Kier molecular flexibility index (Phi) is 7.80. The summed E-state index contributed by atoms with van der Waals surface area (Å²) >= 11 is 7.66. The summed E-state index contributed by atoms with van der Waals surface area (Å²) < 4.78 is 0. The summed E-state index contributed by atoms with van der Waals surface area (Å²) in [6.07, 6.45) is 4.42. The van der Waals surface area contributed by atoms with E-state index in [9.17, 15) is 9.59 Å². The third-order valence-corrected chi connectivity index (χ3v) is 6.12. The summed E-state index contributed by atoms with van der Waals surface area (Å²) in [6, 6.07) is 14.9. The van der Waals surface area contributed by atoms with Crippen LogP contribution >= 0.6 is 23.4 Å². The van der Waals surface area contributed by atoms with E-state index in [1.165, 1.54) is 24.6 Å². The van der Waals surface area contributed by atoms with E-state index >= 15 is 0 Å². The lowest BCUT2D eigenvalue weighted by molar-refractivity contribution is -0.113. The van der Waals surface area contributed by atoms with Crippen LogP contribution in [0.4, 0.5) is 5.69 Å². The number of hydrogen-bond acceptors (Lipinski definition) is 3. The first-order chi connectivity index (χ1) is 13.6. The van der Waals surface area contributed by atoms with Gasteiger partial charge in [0.25, 0.3) is 5.91 Å². The van der Waals surface area contributed by atoms with Crippen LogP contribution in [-0.2, 0) is 10.5 Å². The molecule has 0 unspecified atom stereocenters. The fraction of sp³-hybridized carbons (Fsp3) is 0.364. The number of halogens is 1. The van der Waals surface area contributed by atoms with Crippen molar-refractivity contribution in [1.82, 2.24) is 4.90 Å². The largest absolute Gasteiger partial charge is 0.339 e. The third kappa shape index (κ3) is 5.76. The van der Waals surface area contributed by atoms with Crippen LogP contribution in [0.25, 0.3) is 0 Å². The van der Waals surface area contributed by atoms with Crippen LogP contribution in [0.2, 0.25) is 5.02 Å². The van der Waals surface area contributed by atoms with Crippen LogP contribution in [0.3, 0.4) is 0 Å². The van der Waals surface area contributed by atoms with Crippen molar-refractivity contribution in [1.29, 1.82) is 0 Å². The van der Waals surface area contributed by atoms with Gasteiger partial charge in [-0.2, -0.15) is 0 Å². The fourth-order valence-electron chi connectivity index (χ4n) is 3.28. The quantitative estimate of drug-likeness (QED) is 0.701. The molecule has 2 aromatic rings. The number of rotatable bonds is 6. The summed E-state index contributed by atoms with van der Waals surface area (Å²) in [7, 11) is 0. The molecular formula is C22H25ClN2O2S. The van der Waals surface area contributed by atoms with Crippen molar-refractivity contribution in [2.24, 2.45) is 0 Å². The molecule has 1 N–H and O–H groups in total. The molecule has 4 nitrogen and oxygen atoms in total. The average Bonchev–Trinajstić information content (AvgIpc) is 2.99. The Morgan fingerprint density at radius 3 is 2.39 bits per heavy atom. The summed E-state index contributed by atoms with van der Waals surface area (Å²) in [5.74, 6) is 0.855. The van der Waals surface area contributed by atoms with E-state index in [1.54, 1.807) is 12.1 Å². The minimum absolute atomic E-state index is 0.00141. The van der Waals surface area contributed by atoms with Gasteiger partial charge in [0.05, 0.1) is 17.0 Å². The van der Waals surface area contributed by atoms with Crippen LogP contribution < -0.4 is 5.32 Å². The summed E-state index contributed by atoms with van der Waals surface area (Å²) in [5.41, 5.74) is 2.16. The molecular weight excluding hydrogens is 392 g/mol. The zero-order valence-electron chi connectivity index (χ0n) is 15.8. The van der Waals surface area contributed by atoms with Gasteiger partial charge in [0.15, 0.2) is 0 Å². The Hall–Kier alpha value is -1.98. The highest BCUT2D eigenvalue weighted by molar-refractivity contribution is 7.99. The molecule has 0 bridgehead atoms. The average molecular weight is 417 g/mol. The molecule has 3 rings (SSSR count). The van der Waals surface area contributed by atoms with Gasteiger partial charge in [-0.3, -0.25) is 9.59 Å². The molecule has 1 aliphatic heterocycles. The molecule has 2 aromatic carbocycles. The lowest BCUT2D eigenvalue weighted by Crippen LogP contribution is -2.32. The highest BCUT2D eigenvalue weighted by Gasteiger charge is 2.20. The van der Waals surface area contributed by atoms with Crippen molar-refractivity contribution >= 4 is 40.9 Å². The third-order valence-electron chi connectivity index (χ3n) is 4.77. The number of nitrogens with zero attached hydrogens (tertiary/aromatic N) is 1. The number of hydrogen-bond donors (Lipinski definition) is 1. The Bertz CT molecular complexity index is 820. The maximum Gasteiger partial charge on any atom is 0.255 e. The van der Waals surface area contributed by atoms with Crippen molar-refractivity contribution in [3.8, 4) is 0 Å². The summed E-state index contributed by atoms with van der Waals surface area (Å²) in [5, 5.41) is 3.62. The van der Waals surface area contributed by atoms with Crippen molar-refractivity contribution in [2.45, 2.75) is 31.4 Å². The number of thioether (sulfide) groups is 1. The molecule has 148 valence electrons. The van der Waals surface area contributed by atoms with Crippen LogP contribution in [0.1, 0.15) is 41.6 Å². The van der Waals surface area contributed by atoms with Crippen molar-refractivity contribution < 1.29 is 9.59 Å². The van der Waals surface area contributed by atoms with Crippen molar-refractivity contribution in [2.75, 3.05) is 24.2 Å². The maximum atomic E-state index is 12.9. The maximum absolute atomic E-state index is 12.9. The summed E-state index contributed by atoms with van der Waals surface area (Å²) in [6.45, 7) is 1.57. The Morgan fingerprint density at radius 2 is 1.64 bits per heavy atom. The number of anilines is 1.